The number of benzene rings is 1. The third-order valence-corrected chi connectivity index (χ3v) is 3.65. The fourth-order valence-corrected chi connectivity index (χ4v) is 2.30. The minimum atomic E-state index is -0.355. The molecule has 0 atom stereocenters. The van der Waals surface area contributed by atoms with Gasteiger partial charge in [0, 0.05) is 5.02 Å². The van der Waals surface area contributed by atoms with E-state index in [1.165, 1.54) is 11.8 Å². The second-order valence-corrected chi connectivity index (χ2v) is 5.44. The lowest BCUT2D eigenvalue weighted by atomic mass is 10.2. The molecule has 4 nitrogen and oxygen atoms in total. The average molecular weight is 377 g/mol. The van der Waals surface area contributed by atoms with Crippen molar-refractivity contribution in [3.63, 3.8) is 0 Å². The number of halogens is 2. The Kier molecular flexibility index (Phi) is 7.26. The molecule has 0 aliphatic carbocycles. The van der Waals surface area contributed by atoms with E-state index in [-0.39, 0.29) is 10.2 Å². The van der Waals surface area contributed by atoms with Crippen LogP contribution in [-0.4, -0.2) is 21.0 Å². The summed E-state index contributed by atoms with van der Waals surface area (Å²) in [6, 6.07) is 7.47. The van der Waals surface area contributed by atoms with E-state index in [0.29, 0.717) is 16.7 Å². The van der Waals surface area contributed by atoms with Crippen LogP contribution in [0.4, 0.5) is 0 Å². The van der Waals surface area contributed by atoms with E-state index in [4.69, 9.17) is 11.6 Å². The molecule has 0 N–H and O–H groups in total. The zero-order chi connectivity index (χ0) is 15.1. The quantitative estimate of drug-likeness (QED) is 0.763. The maximum Gasteiger partial charge on any atom is 0.307 e. The molecule has 0 saturated carbocycles. The lowest BCUT2D eigenvalue weighted by Gasteiger charge is -2.09. The van der Waals surface area contributed by atoms with Crippen molar-refractivity contribution in [2.45, 2.75) is 25.5 Å². The minimum Gasteiger partial charge on any atom is -0.264 e. The van der Waals surface area contributed by atoms with Gasteiger partial charge in [0.05, 0.1) is 6.54 Å². The Morgan fingerprint density at radius 3 is 2.45 bits per heavy atom. The fraction of sp³-hybridized carbons (Fsp3) is 0.308. The summed E-state index contributed by atoms with van der Waals surface area (Å²) >= 11 is 10.3. The molecular weight excluding hydrogens is 362 g/mol. The Morgan fingerprint density at radius 1 is 1.30 bits per heavy atom. The van der Waals surface area contributed by atoms with E-state index in [1.807, 2.05) is 44.4 Å². The molecule has 7 heteroatoms. The van der Waals surface area contributed by atoms with Gasteiger partial charge in [-0.05, 0) is 39.9 Å². The van der Waals surface area contributed by atoms with Crippen molar-refractivity contribution in [2.75, 3.05) is 6.26 Å². The summed E-state index contributed by atoms with van der Waals surface area (Å²) in [7, 11) is 0. The lowest BCUT2D eigenvalue weighted by Crippen LogP contribution is -2.19. The third-order valence-electron chi connectivity index (χ3n) is 2.23. The van der Waals surface area contributed by atoms with Crippen LogP contribution in [0, 0.1) is 0 Å². The first-order valence-corrected chi connectivity index (χ1v) is 8.43. The van der Waals surface area contributed by atoms with Gasteiger partial charge in [0.1, 0.15) is 0 Å². The van der Waals surface area contributed by atoms with Crippen LogP contribution < -0.4 is 5.56 Å². The van der Waals surface area contributed by atoms with Crippen molar-refractivity contribution in [2.24, 2.45) is 0 Å². The summed E-state index contributed by atoms with van der Waals surface area (Å²) in [5.41, 5.74) is 0.686. The maximum absolute atomic E-state index is 11.4. The van der Waals surface area contributed by atoms with Gasteiger partial charge in [0.15, 0.2) is 9.76 Å². The van der Waals surface area contributed by atoms with Crippen molar-refractivity contribution in [3.8, 4) is 0 Å². The third kappa shape index (κ3) is 4.61. The monoisotopic (exact) mass is 375 g/mol. The molecule has 0 amide bonds. The van der Waals surface area contributed by atoms with Gasteiger partial charge in [-0.25, -0.2) is 4.68 Å². The second kappa shape index (κ2) is 8.44. The van der Waals surface area contributed by atoms with Gasteiger partial charge in [-0.15, -0.1) is 0 Å². The fourth-order valence-electron chi connectivity index (χ4n) is 1.40. The van der Waals surface area contributed by atoms with Crippen LogP contribution in [-0.2, 0) is 6.54 Å². The van der Waals surface area contributed by atoms with Crippen LogP contribution in [0.5, 0.6) is 0 Å². The highest BCUT2D eigenvalue weighted by Crippen LogP contribution is 2.14. The van der Waals surface area contributed by atoms with Gasteiger partial charge >= 0.3 is 5.56 Å². The van der Waals surface area contributed by atoms with Crippen LogP contribution >= 0.6 is 39.3 Å². The molecule has 2 aromatic rings. The standard InChI is InChI=1S/C11H9BrClN3OS.C2H6/c1-18-11-14-10(17)9(12)15-16(11)6-7-2-4-8(13)5-3-7;1-2/h2-5H,6H2,1H3;1-2H3. The topological polar surface area (TPSA) is 47.8 Å². The molecule has 0 aliphatic heterocycles. The molecule has 0 bridgehead atoms. The SMILES string of the molecule is CC.CSc1nc(=O)c(Br)nn1Cc1ccc(Cl)cc1. The summed E-state index contributed by atoms with van der Waals surface area (Å²) in [5.74, 6) is 0. The van der Waals surface area contributed by atoms with Gasteiger partial charge in [0.25, 0.3) is 0 Å². The van der Waals surface area contributed by atoms with E-state index in [0.717, 1.165) is 5.56 Å². The van der Waals surface area contributed by atoms with Gasteiger partial charge < -0.3 is 0 Å². The molecule has 1 aromatic heterocycles. The number of hydrogen-bond acceptors (Lipinski definition) is 4. The van der Waals surface area contributed by atoms with E-state index in [2.05, 4.69) is 26.0 Å². The van der Waals surface area contributed by atoms with Crippen molar-refractivity contribution in [1.29, 1.82) is 0 Å². The molecule has 108 valence electrons. The van der Waals surface area contributed by atoms with Crippen LogP contribution in [0.2, 0.25) is 5.02 Å². The number of nitrogens with zero attached hydrogens (tertiary/aromatic N) is 3. The highest BCUT2D eigenvalue weighted by atomic mass is 79.9. The summed E-state index contributed by atoms with van der Waals surface area (Å²) in [4.78, 5) is 15.3. The Labute approximate surface area is 135 Å². The highest BCUT2D eigenvalue weighted by Gasteiger charge is 2.08. The van der Waals surface area contributed by atoms with Gasteiger partial charge in [-0.3, -0.25) is 4.79 Å². The van der Waals surface area contributed by atoms with E-state index < -0.39 is 0 Å². The molecule has 0 spiro atoms. The molecule has 2 rings (SSSR count). The van der Waals surface area contributed by atoms with E-state index in [1.54, 1.807) is 4.68 Å². The Balaban J connectivity index is 0.000000956. The first-order chi connectivity index (χ1) is 9.60. The number of hydrogen-bond donors (Lipinski definition) is 0. The number of aromatic nitrogens is 3. The van der Waals surface area contributed by atoms with Gasteiger partial charge in [0.2, 0.25) is 0 Å². The Hall–Kier alpha value is -0.850. The lowest BCUT2D eigenvalue weighted by molar-refractivity contribution is 0.553. The zero-order valence-corrected chi connectivity index (χ0v) is 14.6. The first-order valence-electron chi connectivity index (χ1n) is 6.03. The first kappa shape index (κ1) is 17.2. The van der Waals surface area contributed by atoms with Gasteiger partial charge in [-0.2, -0.15) is 10.1 Å². The van der Waals surface area contributed by atoms with E-state index in [9.17, 15) is 4.79 Å². The smallest absolute Gasteiger partial charge is 0.264 e. The molecule has 0 unspecified atom stereocenters. The highest BCUT2D eigenvalue weighted by molar-refractivity contribution is 9.10. The Bertz CT molecular complexity index is 616. The predicted octanol–water partition coefficient (Wildman–Crippen LogP) is 3.85. The largest absolute Gasteiger partial charge is 0.307 e. The predicted molar refractivity (Wildman–Crippen MR) is 87.7 cm³/mol. The normalized spacial score (nSPS) is 9.85. The number of thioether (sulfide) groups is 1. The van der Waals surface area contributed by atoms with Crippen LogP contribution in [0.1, 0.15) is 19.4 Å². The van der Waals surface area contributed by atoms with Crippen LogP contribution in [0.15, 0.2) is 38.8 Å². The summed E-state index contributed by atoms with van der Waals surface area (Å²) in [5, 5.41) is 5.44. The van der Waals surface area contributed by atoms with E-state index >= 15 is 0 Å². The van der Waals surface area contributed by atoms with Crippen LogP contribution in [0.3, 0.4) is 0 Å². The molecule has 0 radical (unpaired) electrons. The Morgan fingerprint density at radius 2 is 1.90 bits per heavy atom. The number of rotatable bonds is 3. The van der Waals surface area contributed by atoms with Crippen molar-refractivity contribution < 1.29 is 0 Å². The van der Waals surface area contributed by atoms with Crippen molar-refractivity contribution in [3.05, 3.63) is 49.8 Å². The minimum absolute atomic E-state index is 0.217. The maximum atomic E-state index is 11.4. The molecular formula is C13H15BrClN3OS. The molecule has 20 heavy (non-hydrogen) atoms. The summed E-state index contributed by atoms with van der Waals surface area (Å²) < 4.78 is 1.90. The van der Waals surface area contributed by atoms with Crippen molar-refractivity contribution >= 4 is 39.3 Å². The molecule has 0 saturated heterocycles. The summed E-state index contributed by atoms with van der Waals surface area (Å²) in [6.07, 6.45) is 1.86. The van der Waals surface area contributed by atoms with Crippen LogP contribution in [0.25, 0.3) is 0 Å². The second-order valence-electron chi connectivity index (χ2n) is 3.48. The molecule has 1 heterocycles. The zero-order valence-electron chi connectivity index (χ0n) is 11.4. The summed E-state index contributed by atoms with van der Waals surface area (Å²) in [6.45, 7) is 4.54. The molecule has 0 aliphatic rings. The van der Waals surface area contributed by atoms with Gasteiger partial charge in [-0.1, -0.05) is 49.3 Å². The van der Waals surface area contributed by atoms with Crippen molar-refractivity contribution in [1.82, 2.24) is 14.8 Å². The molecule has 0 fully saturated rings. The molecule has 1 aromatic carbocycles. The average Bonchev–Trinajstić information content (AvgIpc) is 2.47.